The monoisotopic (exact) mass is 1140 g/mol. The second-order valence-electron chi connectivity index (χ2n) is 22.0. The number of hydrogen-bond acceptors (Lipinski definition) is 6. The molecule has 0 aromatic rings. The second-order valence-corrected chi connectivity index (χ2v) is 22.0. The number of hydrogen-bond donors (Lipinski definition) is 0. The Morgan fingerprint density at radius 2 is 0.494 bits per heavy atom. The fourth-order valence-corrected chi connectivity index (χ4v) is 9.00. The Labute approximate surface area is 511 Å². The molecule has 468 valence electrons. The first-order chi connectivity index (χ1) is 41.0. The normalized spacial score (nSPS) is 13.1. The highest BCUT2D eigenvalue weighted by Crippen LogP contribution is 2.16. The van der Waals surface area contributed by atoms with Crippen LogP contribution in [-0.2, 0) is 28.6 Å². The predicted molar refractivity (Wildman–Crippen MR) is 362 cm³/mol. The summed E-state index contributed by atoms with van der Waals surface area (Å²) in [7, 11) is 0. The first kappa shape index (κ1) is 78.0. The van der Waals surface area contributed by atoms with Crippen LogP contribution in [0.25, 0.3) is 0 Å². The van der Waals surface area contributed by atoms with Gasteiger partial charge in [0.05, 0.1) is 0 Å². The van der Waals surface area contributed by atoms with Gasteiger partial charge in [-0.25, -0.2) is 0 Å². The molecule has 6 heteroatoms. The Balaban J connectivity index is 4.38. The molecule has 83 heavy (non-hydrogen) atoms. The number of ether oxygens (including phenoxy) is 3. The van der Waals surface area contributed by atoms with Crippen LogP contribution < -0.4 is 0 Å². The highest BCUT2D eigenvalue weighted by molar-refractivity contribution is 5.71. The summed E-state index contributed by atoms with van der Waals surface area (Å²) in [6, 6.07) is 0. The first-order valence-electron chi connectivity index (χ1n) is 34.0. The van der Waals surface area contributed by atoms with E-state index in [1.54, 1.807) is 0 Å². The number of rotatable bonds is 60. The van der Waals surface area contributed by atoms with Crippen molar-refractivity contribution in [1.29, 1.82) is 0 Å². The molecule has 0 spiro atoms. The van der Waals surface area contributed by atoms with Gasteiger partial charge in [0.1, 0.15) is 13.2 Å². The second kappa shape index (κ2) is 69.5. The van der Waals surface area contributed by atoms with Crippen molar-refractivity contribution >= 4 is 17.9 Å². The zero-order valence-corrected chi connectivity index (χ0v) is 53.7. The van der Waals surface area contributed by atoms with Crippen LogP contribution in [0, 0.1) is 0 Å². The Morgan fingerprint density at radius 3 is 0.807 bits per heavy atom. The Bertz CT molecular complexity index is 1840. The minimum atomic E-state index is -0.844. The van der Waals surface area contributed by atoms with Crippen molar-refractivity contribution in [2.75, 3.05) is 13.2 Å². The van der Waals surface area contributed by atoms with Crippen LogP contribution in [0.5, 0.6) is 0 Å². The molecule has 0 heterocycles. The molecule has 6 nitrogen and oxygen atoms in total. The van der Waals surface area contributed by atoms with Crippen LogP contribution in [0.2, 0.25) is 0 Å². The SMILES string of the molecule is CC/C=C\C/C=C\C/C=C\C/C=C\C/C=C\C/C=C\CCC(=O)OC(COC(=O)CCCC/C=C\C/C=C\C/C=C\C/C=C\CC)COC(=O)CCCCCCCCCCCCCCCCCC/C=C\C/C=C\C/C=C\CCCCCCC. The molecule has 0 fully saturated rings. The fourth-order valence-electron chi connectivity index (χ4n) is 9.00. The molecule has 0 saturated carbocycles. The third kappa shape index (κ3) is 67.7. The van der Waals surface area contributed by atoms with Gasteiger partial charge in [0, 0.05) is 19.3 Å². The molecule has 0 saturated heterocycles. The number of esters is 3. The van der Waals surface area contributed by atoms with E-state index in [2.05, 4.69) is 167 Å². The summed E-state index contributed by atoms with van der Waals surface area (Å²) in [4.78, 5) is 38.3. The number of unbranched alkanes of at least 4 members (excludes halogenated alkanes) is 23. The fraction of sp³-hybridized carbons (Fsp3) is 0.623. The average Bonchev–Trinajstić information content (AvgIpc) is 3.49. The standard InChI is InChI=1S/C77H124O6/c1-4-7-10-13-16-19-22-25-28-30-32-33-34-35-36-37-38-39-40-41-42-43-45-46-49-52-55-58-61-64-67-70-76(79)82-73-74(72-81-75(78)69-66-63-60-57-54-51-48-27-24-21-18-15-12-9-6-3)83-77(80)71-68-65-62-59-56-53-50-47-44-31-29-26-23-20-17-14-11-8-5-2/h8-9,11-12,17-18,20-22,25-27,29-30,32,34-35,44,47-48,53-54,56-57,62,65,74H,4-7,10,13-16,19,23-24,28,31,33,36-43,45-46,49-52,55,58-61,63-64,66-73H2,1-3H3/b11-8-,12-9-,20-17-,21-18-,25-22-,29-26-,32-30-,35-34-,47-44-,48-27-,56-53-,57-54-,65-62-. The van der Waals surface area contributed by atoms with E-state index in [1.807, 2.05) is 12.2 Å². The molecular formula is C77H124O6. The average molecular weight is 1150 g/mol. The van der Waals surface area contributed by atoms with E-state index in [9.17, 15) is 14.4 Å². The van der Waals surface area contributed by atoms with Crippen LogP contribution in [0.4, 0.5) is 0 Å². The maximum atomic E-state index is 12.9. The molecular weight excluding hydrogens is 1020 g/mol. The molecule has 0 N–H and O–H groups in total. The van der Waals surface area contributed by atoms with Gasteiger partial charge in [-0.2, -0.15) is 0 Å². The van der Waals surface area contributed by atoms with Gasteiger partial charge in [0.25, 0.3) is 0 Å². The summed E-state index contributed by atoms with van der Waals surface area (Å²) >= 11 is 0. The van der Waals surface area contributed by atoms with Crippen molar-refractivity contribution in [2.24, 2.45) is 0 Å². The van der Waals surface area contributed by atoms with Crippen LogP contribution >= 0.6 is 0 Å². The van der Waals surface area contributed by atoms with Gasteiger partial charge in [-0.05, 0) is 135 Å². The molecule has 0 rings (SSSR count). The molecule has 0 aromatic carbocycles. The van der Waals surface area contributed by atoms with Gasteiger partial charge in [-0.1, -0.05) is 294 Å². The van der Waals surface area contributed by atoms with Crippen LogP contribution in [0.3, 0.4) is 0 Å². The molecule has 0 amide bonds. The first-order valence-corrected chi connectivity index (χ1v) is 34.0. The van der Waals surface area contributed by atoms with Crippen molar-refractivity contribution in [3.63, 3.8) is 0 Å². The quantitative estimate of drug-likeness (QED) is 0.0261. The van der Waals surface area contributed by atoms with Gasteiger partial charge >= 0.3 is 17.9 Å². The summed E-state index contributed by atoms with van der Waals surface area (Å²) in [6.07, 6.45) is 101. The summed E-state index contributed by atoms with van der Waals surface area (Å²) in [6.45, 7) is 6.31. The zero-order valence-electron chi connectivity index (χ0n) is 53.7. The lowest BCUT2D eigenvalue weighted by molar-refractivity contribution is -0.166. The summed E-state index contributed by atoms with van der Waals surface area (Å²) in [5.41, 5.74) is 0. The van der Waals surface area contributed by atoms with E-state index >= 15 is 0 Å². The molecule has 0 aromatic heterocycles. The highest BCUT2D eigenvalue weighted by Gasteiger charge is 2.19. The van der Waals surface area contributed by atoms with Gasteiger partial charge in [0.15, 0.2) is 6.10 Å². The van der Waals surface area contributed by atoms with E-state index in [0.717, 1.165) is 109 Å². The third-order valence-electron chi connectivity index (χ3n) is 14.0. The summed E-state index contributed by atoms with van der Waals surface area (Å²) < 4.78 is 16.8. The smallest absolute Gasteiger partial charge is 0.306 e. The topological polar surface area (TPSA) is 78.9 Å². The van der Waals surface area contributed by atoms with Crippen LogP contribution in [0.1, 0.15) is 290 Å². The van der Waals surface area contributed by atoms with Gasteiger partial charge in [-0.3, -0.25) is 14.4 Å². The lowest BCUT2D eigenvalue weighted by atomic mass is 10.0. The molecule has 0 radical (unpaired) electrons. The van der Waals surface area contributed by atoms with E-state index in [1.165, 1.54) is 128 Å². The molecule has 0 aliphatic heterocycles. The summed E-state index contributed by atoms with van der Waals surface area (Å²) in [5.74, 6) is -1.06. The number of allylic oxidation sites excluding steroid dienone is 26. The van der Waals surface area contributed by atoms with Crippen LogP contribution in [-0.4, -0.2) is 37.2 Å². The third-order valence-corrected chi connectivity index (χ3v) is 14.0. The van der Waals surface area contributed by atoms with Crippen molar-refractivity contribution < 1.29 is 28.6 Å². The van der Waals surface area contributed by atoms with E-state index in [-0.39, 0.29) is 38.0 Å². The minimum Gasteiger partial charge on any atom is -0.462 e. The van der Waals surface area contributed by atoms with E-state index in [4.69, 9.17) is 14.2 Å². The number of carbonyl (C=O) groups is 3. The van der Waals surface area contributed by atoms with Crippen molar-refractivity contribution in [2.45, 2.75) is 297 Å². The van der Waals surface area contributed by atoms with Crippen molar-refractivity contribution in [3.05, 3.63) is 158 Å². The summed E-state index contributed by atoms with van der Waals surface area (Å²) in [5, 5.41) is 0. The predicted octanol–water partition coefficient (Wildman–Crippen LogP) is 23.7. The molecule has 0 aliphatic rings. The molecule has 0 bridgehead atoms. The Kier molecular flexibility index (Phi) is 65.4. The maximum absolute atomic E-state index is 12.9. The highest BCUT2D eigenvalue weighted by atomic mass is 16.6. The lowest BCUT2D eigenvalue weighted by Crippen LogP contribution is -2.30. The molecule has 0 aliphatic carbocycles. The zero-order chi connectivity index (χ0) is 59.9. The van der Waals surface area contributed by atoms with Crippen molar-refractivity contribution in [1.82, 2.24) is 0 Å². The Hall–Kier alpha value is -4.97. The van der Waals surface area contributed by atoms with E-state index < -0.39 is 12.1 Å². The van der Waals surface area contributed by atoms with Gasteiger partial charge in [0.2, 0.25) is 0 Å². The van der Waals surface area contributed by atoms with Gasteiger partial charge < -0.3 is 14.2 Å². The minimum absolute atomic E-state index is 0.127. The Morgan fingerprint density at radius 1 is 0.253 bits per heavy atom. The van der Waals surface area contributed by atoms with Crippen LogP contribution in [0.15, 0.2) is 158 Å². The molecule has 1 atom stereocenters. The number of carbonyl (C=O) groups excluding carboxylic acids is 3. The van der Waals surface area contributed by atoms with Crippen molar-refractivity contribution in [3.8, 4) is 0 Å². The van der Waals surface area contributed by atoms with E-state index in [0.29, 0.717) is 19.3 Å². The molecule has 1 unspecified atom stereocenters. The lowest BCUT2D eigenvalue weighted by Gasteiger charge is -2.18. The van der Waals surface area contributed by atoms with Gasteiger partial charge in [-0.15, -0.1) is 0 Å². The largest absolute Gasteiger partial charge is 0.462 e. The maximum Gasteiger partial charge on any atom is 0.306 e.